The average Bonchev–Trinajstić information content (AvgIpc) is 3.42. The fraction of sp³-hybridized carbons (Fsp3) is 0.696. The van der Waals surface area contributed by atoms with Gasteiger partial charge in [-0.15, -0.1) is 0 Å². The molecule has 0 heteroatoms. The SMILES string of the molecule is C1=CC2(C[C](C34C=CC(CC3)C4)C34C=CC(CC3)C4)CCC1C2. The first-order valence-corrected chi connectivity index (χ1v) is 10.1. The predicted octanol–water partition coefficient (Wildman–Crippen LogP) is 6.02. The van der Waals surface area contributed by atoms with Crippen molar-refractivity contribution in [3.05, 3.63) is 42.4 Å². The van der Waals surface area contributed by atoms with Gasteiger partial charge in [-0.05, 0) is 104 Å². The van der Waals surface area contributed by atoms with Crippen molar-refractivity contribution in [3.63, 3.8) is 0 Å². The van der Waals surface area contributed by atoms with Crippen molar-refractivity contribution in [2.75, 3.05) is 0 Å². The lowest BCUT2D eigenvalue weighted by atomic mass is 9.56. The van der Waals surface area contributed by atoms with Gasteiger partial charge in [0.2, 0.25) is 0 Å². The van der Waals surface area contributed by atoms with E-state index in [-0.39, 0.29) is 0 Å². The van der Waals surface area contributed by atoms with Gasteiger partial charge < -0.3 is 0 Å². The largest absolute Gasteiger partial charge is 0.0848 e. The summed E-state index contributed by atoms with van der Waals surface area (Å²) >= 11 is 0. The van der Waals surface area contributed by atoms with Crippen LogP contribution in [0.3, 0.4) is 0 Å². The third-order valence-corrected chi connectivity index (χ3v) is 8.68. The molecule has 0 amide bonds. The molecule has 0 aromatic rings. The normalized spacial score (nSPS) is 54.4. The minimum atomic E-state index is 0.484. The van der Waals surface area contributed by atoms with Crippen LogP contribution in [0.15, 0.2) is 36.5 Å². The molecule has 6 unspecified atom stereocenters. The molecule has 1 radical (unpaired) electrons. The van der Waals surface area contributed by atoms with Crippen LogP contribution in [0.25, 0.3) is 0 Å². The van der Waals surface area contributed by atoms with E-state index < -0.39 is 0 Å². The minimum absolute atomic E-state index is 0.484. The number of fused-ring (bicyclic) bond motifs is 6. The van der Waals surface area contributed by atoms with Gasteiger partial charge in [0.15, 0.2) is 0 Å². The fourth-order valence-corrected chi connectivity index (χ4v) is 7.53. The van der Waals surface area contributed by atoms with Crippen LogP contribution in [-0.2, 0) is 0 Å². The molecule has 6 atom stereocenters. The molecule has 0 nitrogen and oxygen atoms in total. The third kappa shape index (κ3) is 1.73. The highest BCUT2D eigenvalue weighted by atomic mass is 14.6. The van der Waals surface area contributed by atoms with Crippen LogP contribution >= 0.6 is 0 Å². The van der Waals surface area contributed by atoms with E-state index in [4.69, 9.17) is 0 Å². The van der Waals surface area contributed by atoms with Crippen molar-refractivity contribution in [1.29, 1.82) is 0 Å². The maximum absolute atomic E-state index is 2.67. The van der Waals surface area contributed by atoms with Gasteiger partial charge in [-0.3, -0.25) is 0 Å². The summed E-state index contributed by atoms with van der Waals surface area (Å²) in [6.45, 7) is 0. The van der Waals surface area contributed by atoms with Crippen LogP contribution in [0.1, 0.15) is 64.2 Å². The lowest BCUT2D eigenvalue weighted by molar-refractivity contribution is 0.212. The van der Waals surface area contributed by atoms with E-state index in [0.29, 0.717) is 16.2 Å². The summed E-state index contributed by atoms with van der Waals surface area (Å²) in [6.07, 6.45) is 30.2. The number of hydrogen-bond donors (Lipinski definition) is 0. The zero-order valence-electron chi connectivity index (χ0n) is 14.3. The molecule has 6 aliphatic rings. The van der Waals surface area contributed by atoms with Crippen LogP contribution in [0.5, 0.6) is 0 Å². The number of allylic oxidation sites excluding steroid dienone is 6. The van der Waals surface area contributed by atoms with Crippen molar-refractivity contribution in [2.24, 2.45) is 34.0 Å². The van der Waals surface area contributed by atoms with Gasteiger partial charge in [0.1, 0.15) is 0 Å². The van der Waals surface area contributed by atoms with Crippen LogP contribution in [-0.4, -0.2) is 0 Å². The number of hydrogen-bond acceptors (Lipinski definition) is 0. The standard InChI is InChI=1S/C23H29/c1-7-21(8-2-17(1)13-21)16-20(22-9-3-18(14-22)4-10-22)23-11-5-19(15-23)6-12-23/h1,3,5,7,9,11,17-19H,2,4,6,8,10,12-16H2. The second-order valence-corrected chi connectivity index (χ2v) is 9.92. The van der Waals surface area contributed by atoms with E-state index in [0.717, 1.165) is 17.8 Å². The van der Waals surface area contributed by atoms with E-state index in [2.05, 4.69) is 36.5 Å². The molecule has 121 valence electrons. The molecule has 6 aliphatic carbocycles. The van der Waals surface area contributed by atoms with Gasteiger partial charge in [0.05, 0.1) is 0 Å². The molecule has 6 rings (SSSR count). The van der Waals surface area contributed by atoms with E-state index in [1.54, 1.807) is 0 Å². The maximum atomic E-state index is 2.67. The van der Waals surface area contributed by atoms with Gasteiger partial charge >= 0.3 is 0 Å². The molecule has 0 spiro atoms. The Morgan fingerprint density at radius 3 is 1.61 bits per heavy atom. The Balaban J connectivity index is 1.40. The summed E-state index contributed by atoms with van der Waals surface area (Å²) in [6, 6.07) is 0. The molecular weight excluding hydrogens is 276 g/mol. The molecular formula is C23H29. The van der Waals surface area contributed by atoms with Crippen molar-refractivity contribution in [1.82, 2.24) is 0 Å². The lowest BCUT2D eigenvalue weighted by Gasteiger charge is -2.47. The highest BCUT2D eigenvalue weighted by Gasteiger charge is 2.59. The number of rotatable bonds is 4. The third-order valence-electron chi connectivity index (χ3n) is 8.68. The molecule has 0 aromatic carbocycles. The Kier molecular flexibility index (Phi) is 2.49. The van der Waals surface area contributed by atoms with Gasteiger partial charge in [-0.1, -0.05) is 36.5 Å². The van der Waals surface area contributed by atoms with Gasteiger partial charge in [0.25, 0.3) is 0 Å². The second-order valence-electron chi connectivity index (χ2n) is 9.92. The Hall–Kier alpha value is -0.780. The summed E-state index contributed by atoms with van der Waals surface area (Å²) in [5.41, 5.74) is 1.52. The van der Waals surface area contributed by atoms with E-state index in [1.807, 2.05) is 5.92 Å². The minimum Gasteiger partial charge on any atom is -0.0848 e. The molecule has 0 heterocycles. The fourth-order valence-electron chi connectivity index (χ4n) is 7.53. The summed E-state index contributed by atoms with van der Waals surface area (Å²) in [7, 11) is 0. The van der Waals surface area contributed by atoms with E-state index in [1.165, 1.54) is 64.2 Å². The molecule has 0 aliphatic heterocycles. The second kappa shape index (κ2) is 4.24. The molecule has 0 saturated heterocycles. The van der Waals surface area contributed by atoms with E-state index in [9.17, 15) is 0 Å². The first-order chi connectivity index (χ1) is 11.2. The zero-order chi connectivity index (χ0) is 15.1. The molecule has 0 N–H and O–H groups in total. The Bertz CT molecular complexity index is 588. The van der Waals surface area contributed by atoms with Crippen LogP contribution in [0, 0.1) is 39.9 Å². The van der Waals surface area contributed by atoms with Crippen molar-refractivity contribution in [3.8, 4) is 0 Å². The summed E-state index contributed by atoms with van der Waals surface area (Å²) < 4.78 is 0. The smallest absolute Gasteiger partial charge is 0.00334 e. The monoisotopic (exact) mass is 305 g/mol. The lowest BCUT2D eigenvalue weighted by Crippen LogP contribution is -2.38. The van der Waals surface area contributed by atoms with Crippen LogP contribution < -0.4 is 0 Å². The first kappa shape index (κ1) is 13.5. The highest BCUT2D eigenvalue weighted by Crippen LogP contribution is 2.69. The molecule has 0 aromatic heterocycles. The van der Waals surface area contributed by atoms with Crippen molar-refractivity contribution >= 4 is 0 Å². The summed E-state index contributed by atoms with van der Waals surface area (Å²) in [5.74, 6) is 4.70. The van der Waals surface area contributed by atoms with Gasteiger partial charge in [-0.25, -0.2) is 0 Å². The van der Waals surface area contributed by atoms with Crippen LogP contribution in [0.4, 0.5) is 0 Å². The van der Waals surface area contributed by atoms with Gasteiger partial charge in [0, 0.05) is 0 Å². The predicted molar refractivity (Wildman–Crippen MR) is 94.6 cm³/mol. The molecule has 3 saturated carbocycles. The maximum Gasteiger partial charge on any atom is -0.00334 e. The Morgan fingerprint density at radius 2 is 1.26 bits per heavy atom. The quantitative estimate of drug-likeness (QED) is 0.557. The molecule has 3 fully saturated rings. The van der Waals surface area contributed by atoms with Crippen molar-refractivity contribution in [2.45, 2.75) is 64.2 Å². The summed E-state index contributed by atoms with van der Waals surface area (Å²) in [5, 5.41) is 0. The highest BCUT2D eigenvalue weighted by molar-refractivity contribution is 5.38. The first-order valence-electron chi connectivity index (χ1n) is 10.1. The molecule has 23 heavy (non-hydrogen) atoms. The average molecular weight is 305 g/mol. The van der Waals surface area contributed by atoms with Crippen molar-refractivity contribution < 1.29 is 0 Å². The topological polar surface area (TPSA) is 0 Å². The Morgan fingerprint density at radius 1 is 0.696 bits per heavy atom. The zero-order valence-corrected chi connectivity index (χ0v) is 14.3. The van der Waals surface area contributed by atoms with Gasteiger partial charge in [-0.2, -0.15) is 0 Å². The molecule has 6 bridgehead atoms. The van der Waals surface area contributed by atoms with Crippen LogP contribution in [0.2, 0.25) is 0 Å². The summed E-state index contributed by atoms with van der Waals surface area (Å²) in [4.78, 5) is 0. The Labute approximate surface area is 141 Å². The van der Waals surface area contributed by atoms with E-state index >= 15 is 0 Å².